The lowest BCUT2D eigenvalue weighted by molar-refractivity contribution is -0.139. The smallest absolute Gasteiger partial charge is 0.338 e. The third-order valence-corrected chi connectivity index (χ3v) is 5.07. The third-order valence-electron chi connectivity index (χ3n) is 5.07. The first-order chi connectivity index (χ1) is 15.0. The summed E-state index contributed by atoms with van der Waals surface area (Å²) in [6, 6.07) is 13.9. The zero-order chi connectivity index (χ0) is 22.4. The van der Waals surface area contributed by atoms with Crippen LogP contribution in [0, 0.1) is 6.92 Å². The van der Waals surface area contributed by atoms with E-state index in [1.54, 1.807) is 20.1 Å². The van der Waals surface area contributed by atoms with Crippen molar-refractivity contribution in [2.24, 2.45) is 0 Å². The quantitative estimate of drug-likeness (QED) is 0.649. The number of methoxy groups -OCH3 is 1. The zero-order valence-corrected chi connectivity index (χ0v) is 18.3. The van der Waals surface area contributed by atoms with E-state index in [0.29, 0.717) is 29.3 Å². The van der Waals surface area contributed by atoms with Crippen LogP contribution in [0.1, 0.15) is 31.0 Å². The molecule has 0 aromatic heterocycles. The molecule has 0 bridgehead atoms. The number of ether oxygens (including phenoxy) is 3. The SMILES string of the molecule is CCOC(=O)C1=C(COc2ccc(C)cc2)N(CC)C(=O)NC1c1cccc(OC)c1. The third kappa shape index (κ3) is 4.99. The Hall–Kier alpha value is -3.48. The van der Waals surface area contributed by atoms with Gasteiger partial charge in [-0.25, -0.2) is 9.59 Å². The van der Waals surface area contributed by atoms with Crippen molar-refractivity contribution >= 4 is 12.0 Å². The predicted octanol–water partition coefficient (Wildman–Crippen LogP) is 3.99. The Labute approximate surface area is 182 Å². The number of hydrogen-bond acceptors (Lipinski definition) is 5. The first-order valence-corrected chi connectivity index (χ1v) is 10.3. The monoisotopic (exact) mass is 424 g/mol. The minimum atomic E-state index is -0.680. The molecule has 2 amide bonds. The summed E-state index contributed by atoms with van der Waals surface area (Å²) in [5.74, 6) is 0.794. The van der Waals surface area contributed by atoms with Gasteiger partial charge in [0.15, 0.2) is 0 Å². The number of benzene rings is 2. The fourth-order valence-corrected chi connectivity index (χ4v) is 3.50. The van der Waals surface area contributed by atoms with E-state index < -0.39 is 12.0 Å². The molecule has 3 rings (SSSR count). The number of carbonyl (C=O) groups is 2. The molecule has 0 saturated carbocycles. The van der Waals surface area contributed by atoms with Crippen molar-refractivity contribution in [2.75, 3.05) is 26.9 Å². The minimum absolute atomic E-state index is 0.0545. The fourth-order valence-electron chi connectivity index (χ4n) is 3.50. The normalized spacial score (nSPS) is 16.1. The molecule has 1 heterocycles. The van der Waals surface area contributed by atoms with Gasteiger partial charge < -0.3 is 19.5 Å². The molecule has 7 nitrogen and oxygen atoms in total. The van der Waals surface area contributed by atoms with Crippen molar-refractivity contribution in [3.8, 4) is 11.5 Å². The molecule has 1 atom stereocenters. The van der Waals surface area contributed by atoms with Gasteiger partial charge >= 0.3 is 12.0 Å². The second-order valence-electron chi connectivity index (χ2n) is 7.09. The van der Waals surface area contributed by atoms with Crippen LogP contribution in [0.5, 0.6) is 11.5 Å². The highest BCUT2D eigenvalue weighted by atomic mass is 16.5. The first kappa shape index (κ1) is 22.2. The standard InChI is InChI=1S/C24H28N2O5/c1-5-26-20(15-31-18-12-10-16(3)11-13-18)21(23(27)30-6-2)22(25-24(26)28)17-8-7-9-19(14-17)29-4/h7-14,22H,5-6,15H2,1-4H3,(H,25,28). The molecule has 1 aliphatic rings. The van der Waals surface area contributed by atoms with Gasteiger partial charge in [-0.15, -0.1) is 0 Å². The highest BCUT2D eigenvalue weighted by molar-refractivity contribution is 5.95. The number of nitrogens with zero attached hydrogens (tertiary/aromatic N) is 1. The number of rotatable bonds is 8. The Bertz CT molecular complexity index is 968. The minimum Gasteiger partial charge on any atom is -0.497 e. The Kier molecular flexibility index (Phi) is 7.18. The molecular formula is C24H28N2O5. The molecule has 0 radical (unpaired) electrons. The first-order valence-electron chi connectivity index (χ1n) is 10.3. The number of carbonyl (C=O) groups excluding carboxylic acids is 2. The maximum atomic E-state index is 13.0. The van der Waals surface area contributed by atoms with Gasteiger partial charge in [0.2, 0.25) is 0 Å². The number of amides is 2. The van der Waals surface area contributed by atoms with Crippen LogP contribution in [-0.4, -0.2) is 43.8 Å². The molecule has 0 fully saturated rings. The van der Waals surface area contributed by atoms with Gasteiger partial charge in [-0.05, 0) is 50.6 Å². The van der Waals surface area contributed by atoms with Crippen molar-refractivity contribution in [1.82, 2.24) is 10.2 Å². The fraction of sp³-hybridized carbons (Fsp3) is 0.333. The summed E-state index contributed by atoms with van der Waals surface area (Å²) in [5.41, 5.74) is 2.67. The van der Waals surface area contributed by atoms with E-state index in [1.165, 1.54) is 4.90 Å². The van der Waals surface area contributed by atoms with E-state index in [4.69, 9.17) is 14.2 Å². The van der Waals surface area contributed by atoms with Crippen LogP contribution in [-0.2, 0) is 9.53 Å². The van der Waals surface area contributed by atoms with E-state index in [2.05, 4.69) is 5.32 Å². The molecule has 1 aliphatic heterocycles. The number of esters is 1. The van der Waals surface area contributed by atoms with Gasteiger partial charge in [0.05, 0.1) is 31.0 Å². The van der Waals surface area contributed by atoms with Gasteiger partial charge in [-0.3, -0.25) is 4.90 Å². The summed E-state index contributed by atoms with van der Waals surface area (Å²) in [7, 11) is 1.57. The second kappa shape index (κ2) is 10.0. The summed E-state index contributed by atoms with van der Waals surface area (Å²) in [6.45, 7) is 6.25. The Morgan fingerprint density at radius 3 is 2.48 bits per heavy atom. The van der Waals surface area contributed by atoms with Crippen LogP contribution < -0.4 is 14.8 Å². The predicted molar refractivity (Wildman–Crippen MR) is 117 cm³/mol. The van der Waals surface area contributed by atoms with Gasteiger partial charge in [0.1, 0.15) is 18.1 Å². The van der Waals surface area contributed by atoms with Gasteiger partial charge in [0.25, 0.3) is 0 Å². The molecule has 0 aliphatic carbocycles. The number of aryl methyl sites for hydroxylation is 1. The molecule has 0 saturated heterocycles. The van der Waals surface area contributed by atoms with Crippen LogP contribution >= 0.6 is 0 Å². The summed E-state index contributed by atoms with van der Waals surface area (Å²) in [6.07, 6.45) is 0. The molecular weight excluding hydrogens is 396 g/mol. The summed E-state index contributed by atoms with van der Waals surface area (Å²) >= 11 is 0. The highest BCUT2D eigenvalue weighted by Gasteiger charge is 2.38. The largest absolute Gasteiger partial charge is 0.497 e. The average Bonchev–Trinajstić information content (AvgIpc) is 2.78. The van der Waals surface area contributed by atoms with Crippen LogP contribution in [0.25, 0.3) is 0 Å². The lowest BCUT2D eigenvalue weighted by atomic mass is 9.94. The molecule has 2 aromatic carbocycles. The topological polar surface area (TPSA) is 77.1 Å². The lowest BCUT2D eigenvalue weighted by Gasteiger charge is -2.36. The number of likely N-dealkylation sites (N-methyl/N-ethyl adjacent to an activating group) is 1. The maximum Gasteiger partial charge on any atom is 0.338 e. The van der Waals surface area contributed by atoms with Crippen molar-refractivity contribution in [3.63, 3.8) is 0 Å². The maximum absolute atomic E-state index is 13.0. The number of nitrogens with one attached hydrogen (secondary N) is 1. The van der Waals surface area contributed by atoms with Crippen molar-refractivity contribution in [1.29, 1.82) is 0 Å². The molecule has 7 heteroatoms. The van der Waals surface area contributed by atoms with Crippen LogP contribution in [0.15, 0.2) is 59.8 Å². The number of hydrogen-bond donors (Lipinski definition) is 1. The van der Waals surface area contributed by atoms with Gasteiger partial charge in [-0.2, -0.15) is 0 Å². The average molecular weight is 424 g/mol. The molecule has 1 N–H and O–H groups in total. The zero-order valence-electron chi connectivity index (χ0n) is 18.3. The summed E-state index contributed by atoms with van der Waals surface area (Å²) < 4.78 is 16.6. The van der Waals surface area contributed by atoms with Gasteiger partial charge in [0, 0.05) is 6.54 Å². The molecule has 0 spiro atoms. The summed E-state index contributed by atoms with van der Waals surface area (Å²) in [4.78, 5) is 27.4. The molecule has 1 unspecified atom stereocenters. The van der Waals surface area contributed by atoms with E-state index in [-0.39, 0.29) is 19.2 Å². The van der Waals surface area contributed by atoms with Gasteiger partial charge in [-0.1, -0.05) is 29.8 Å². The Morgan fingerprint density at radius 1 is 1.10 bits per heavy atom. The Morgan fingerprint density at radius 2 is 1.84 bits per heavy atom. The molecule has 2 aromatic rings. The molecule has 164 valence electrons. The van der Waals surface area contributed by atoms with Crippen molar-refractivity contribution in [3.05, 3.63) is 70.9 Å². The van der Waals surface area contributed by atoms with Crippen LogP contribution in [0.3, 0.4) is 0 Å². The lowest BCUT2D eigenvalue weighted by Crippen LogP contribution is -2.49. The van der Waals surface area contributed by atoms with Crippen molar-refractivity contribution < 1.29 is 23.8 Å². The van der Waals surface area contributed by atoms with E-state index in [9.17, 15) is 9.59 Å². The Balaban J connectivity index is 2.06. The second-order valence-corrected chi connectivity index (χ2v) is 7.09. The van der Waals surface area contributed by atoms with E-state index in [1.807, 2.05) is 56.3 Å². The van der Waals surface area contributed by atoms with E-state index in [0.717, 1.165) is 11.1 Å². The van der Waals surface area contributed by atoms with Crippen LogP contribution in [0.4, 0.5) is 4.79 Å². The molecule has 31 heavy (non-hydrogen) atoms. The summed E-state index contributed by atoms with van der Waals surface area (Å²) in [5, 5.41) is 2.93. The number of urea groups is 1. The van der Waals surface area contributed by atoms with Crippen molar-refractivity contribution in [2.45, 2.75) is 26.8 Å². The van der Waals surface area contributed by atoms with E-state index >= 15 is 0 Å². The van der Waals surface area contributed by atoms with Crippen LogP contribution in [0.2, 0.25) is 0 Å². The highest BCUT2D eigenvalue weighted by Crippen LogP contribution is 2.33.